The lowest BCUT2D eigenvalue weighted by Gasteiger charge is -2.23. The van der Waals surface area contributed by atoms with Crippen LogP contribution in [0.2, 0.25) is 0 Å². The van der Waals surface area contributed by atoms with Gasteiger partial charge in [-0.05, 0) is 36.2 Å². The number of aliphatic imine (C=N–C) groups is 1. The number of guanidine groups is 1. The summed E-state index contributed by atoms with van der Waals surface area (Å²) in [6.07, 6.45) is 0.885. The molecule has 0 aliphatic rings. The molecule has 0 atom stereocenters. The minimum absolute atomic E-state index is 0. The number of hydrogen-bond acceptors (Lipinski definition) is 4. The molecule has 28 heavy (non-hydrogen) atoms. The normalized spacial score (nSPS) is 10.7. The summed E-state index contributed by atoms with van der Waals surface area (Å²) >= 11 is 0. The van der Waals surface area contributed by atoms with Crippen LogP contribution in [-0.4, -0.2) is 52.8 Å². The number of nitrogens with zero attached hydrogens (tertiary/aromatic N) is 2. The fourth-order valence-corrected chi connectivity index (χ4v) is 2.84. The van der Waals surface area contributed by atoms with E-state index < -0.39 is 0 Å². The molecule has 6 nitrogen and oxygen atoms in total. The third-order valence-corrected chi connectivity index (χ3v) is 4.31. The molecule has 2 aromatic carbocycles. The van der Waals surface area contributed by atoms with E-state index in [4.69, 9.17) is 14.2 Å². The molecule has 0 amide bonds. The Kier molecular flexibility index (Phi) is 10.5. The number of benzene rings is 2. The van der Waals surface area contributed by atoms with Crippen molar-refractivity contribution in [2.24, 2.45) is 4.99 Å². The summed E-state index contributed by atoms with van der Waals surface area (Å²) in [4.78, 5) is 6.44. The zero-order chi connectivity index (χ0) is 19.6. The lowest BCUT2D eigenvalue weighted by molar-refractivity contribution is 0.382. The summed E-state index contributed by atoms with van der Waals surface area (Å²) in [6, 6.07) is 13.9. The summed E-state index contributed by atoms with van der Waals surface area (Å²) in [6.45, 7) is 1.45. The zero-order valence-corrected chi connectivity index (χ0v) is 19.5. The summed E-state index contributed by atoms with van der Waals surface area (Å²) in [5.74, 6) is 3.28. The Morgan fingerprint density at radius 2 is 1.71 bits per heavy atom. The highest BCUT2D eigenvalue weighted by Gasteiger charge is 2.11. The number of ether oxygens (including phenoxy) is 3. The summed E-state index contributed by atoms with van der Waals surface area (Å²) in [5, 5.41) is 3.41. The molecule has 0 aliphatic heterocycles. The van der Waals surface area contributed by atoms with Crippen molar-refractivity contribution in [3.05, 3.63) is 53.6 Å². The second-order valence-electron chi connectivity index (χ2n) is 6.11. The monoisotopic (exact) mass is 499 g/mol. The second kappa shape index (κ2) is 12.3. The quantitative estimate of drug-likeness (QED) is 0.342. The van der Waals surface area contributed by atoms with Crippen LogP contribution in [-0.2, 0) is 13.0 Å². The van der Waals surface area contributed by atoms with E-state index in [2.05, 4.69) is 27.3 Å². The van der Waals surface area contributed by atoms with Crippen LogP contribution in [0.5, 0.6) is 17.2 Å². The van der Waals surface area contributed by atoms with Gasteiger partial charge < -0.3 is 24.4 Å². The Morgan fingerprint density at radius 1 is 1.00 bits per heavy atom. The number of halogens is 1. The van der Waals surface area contributed by atoms with Gasteiger partial charge in [0.05, 0.1) is 21.3 Å². The topological polar surface area (TPSA) is 55.3 Å². The highest BCUT2D eigenvalue weighted by molar-refractivity contribution is 14.0. The third-order valence-electron chi connectivity index (χ3n) is 4.31. The molecule has 0 unspecified atom stereocenters. The molecule has 2 rings (SSSR count). The fraction of sp³-hybridized carbons (Fsp3) is 0.381. The van der Waals surface area contributed by atoms with Gasteiger partial charge in [0.2, 0.25) is 0 Å². The molecule has 0 radical (unpaired) electrons. The Hall–Kier alpha value is -2.16. The average molecular weight is 499 g/mol. The van der Waals surface area contributed by atoms with E-state index in [0.29, 0.717) is 6.54 Å². The van der Waals surface area contributed by atoms with Gasteiger partial charge in [-0.2, -0.15) is 0 Å². The highest BCUT2D eigenvalue weighted by Crippen LogP contribution is 2.25. The highest BCUT2D eigenvalue weighted by atomic mass is 127. The summed E-state index contributed by atoms with van der Waals surface area (Å²) in [7, 11) is 8.79. The zero-order valence-electron chi connectivity index (χ0n) is 17.2. The van der Waals surface area contributed by atoms with E-state index in [1.807, 2.05) is 37.4 Å². The smallest absolute Gasteiger partial charge is 0.193 e. The maximum absolute atomic E-state index is 5.48. The third kappa shape index (κ3) is 6.78. The van der Waals surface area contributed by atoms with Crippen molar-refractivity contribution in [2.75, 3.05) is 42.0 Å². The van der Waals surface area contributed by atoms with Crippen molar-refractivity contribution in [1.82, 2.24) is 10.2 Å². The summed E-state index contributed by atoms with van der Waals surface area (Å²) in [5.41, 5.74) is 2.29. The van der Waals surface area contributed by atoms with E-state index in [1.54, 1.807) is 28.4 Å². The average Bonchev–Trinajstić information content (AvgIpc) is 2.71. The first-order chi connectivity index (χ1) is 13.1. The van der Waals surface area contributed by atoms with Crippen molar-refractivity contribution >= 4 is 29.9 Å². The molecular weight excluding hydrogens is 469 g/mol. The standard InChI is InChI=1S/C21H29N3O3.HI/c1-22-21(23-12-11-16-7-6-8-18(13-16)25-3)24(2)15-17-9-10-19(26-4)14-20(17)27-5;/h6-10,13-14H,11-12,15H2,1-5H3,(H,22,23);1H. The Labute approximate surface area is 184 Å². The fourth-order valence-electron chi connectivity index (χ4n) is 2.84. The van der Waals surface area contributed by atoms with Gasteiger partial charge in [-0.1, -0.05) is 12.1 Å². The van der Waals surface area contributed by atoms with Crippen LogP contribution in [0, 0.1) is 0 Å². The van der Waals surface area contributed by atoms with Crippen molar-refractivity contribution in [1.29, 1.82) is 0 Å². The predicted molar refractivity (Wildman–Crippen MR) is 124 cm³/mol. The van der Waals surface area contributed by atoms with Crippen LogP contribution in [0.4, 0.5) is 0 Å². The molecular formula is C21H30IN3O3. The molecule has 7 heteroatoms. The Balaban J connectivity index is 0.00000392. The first kappa shape index (κ1) is 23.9. The van der Waals surface area contributed by atoms with Crippen LogP contribution >= 0.6 is 24.0 Å². The van der Waals surface area contributed by atoms with Crippen LogP contribution in [0.3, 0.4) is 0 Å². The van der Waals surface area contributed by atoms with Crippen molar-refractivity contribution in [2.45, 2.75) is 13.0 Å². The van der Waals surface area contributed by atoms with E-state index >= 15 is 0 Å². The molecule has 0 aliphatic carbocycles. The Bertz CT molecular complexity index is 768. The van der Waals surface area contributed by atoms with E-state index in [9.17, 15) is 0 Å². The number of rotatable bonds is 8. The lowest BCUT2D eigenvalue weighted by Crippen LogP contribution is -2.39. The van der Waals surface area contributed by atoms with Gasteiger partial charge in [-0.15, -0.1) is 24.0 Å². The molecule has 0 saturated carbocycles. The molecule has 0 spiro atoms. The molecule has 2 aromatic rings. The van der Waals surface area contributed by atoms with Gasteiger partial charge >= 0.3 is 0 Å². The predicted octanol–water partition coefficient (Wildman–Crippen LogP) is 3.58. The van der Waals surface area contributed by atoms with Crippen LogP contribution in [0.15, 0.2) is 47.5 Å². The molecule has 0 heterocycles. The largest absolute Gasteiger partial charge is 0.497 e. The van der Waals surface area contributed by atoms with Gasteiger partial charge in [0, 0.05) is 38.8 Å². The molecule has 1 N–H and O–H groups in total. The lowest BCUT2D eigenvalue weighted by atomic mass is 10.1. The van der Waals surface area contributed by atoms with E-state index in [1.165, 1.54) is 5.56 Å². The van der Waals surface area contributed by atoms with Gasteiger partial charge in [-0.3, -0.25) is 4.99 Å². The SMILES string of the molecule is CN=C(NCCc1cccc(OC)c1)N(C)Cc1ccc(OC)cc1OC.I. The number of methoxy groups -OCH3 is 3. The number of hydrogen-bond donors (Lipinski definition) is 1. The van der Waals surface area contributed by atoms with E-state index in [-0.39, 0.29) is 24.0 Å². The number of nitrogens with one attached hydrogen (secondary N) is 1. The van der Waals surface area contributed by atoms with Gasteiger partial charge in [0.1, 0.15) is 17.2 Å². The molecule has 0 fully saturated rings. The molecule has 0 aromatic heterocycles. The minimum Gasteiger partial charge on any atom is -0.497 e. The first-order valence-electron chi connectivity index (χ1n) is 8.87. The Morgan fingerprint density at radius 3 is 2.36 bits per heavy atom. The molecule has 0 saturated heterocycles. The van der Waals surface area contributed by atoms with Crippen molar-refractivity contribution < 1.29 is 14.2 Å². The van der Waals surface area contributed by atoms with Crippen molar-refractivity contribution in [3.8, 4) is 17.2 Å². The first-order valence-corrected chi connectivity index (χ1v) is 8.87. The minimum atomic E-state index is 0. The summed E-state index contributed by atoms with van der Waals surface area (Å²) < 4.78 is 16.0. The second-order valence-corrected chi connectivity index (χ2v) is 6.11. The maximum Gasteiger partial charge on any atom is 0.193 e. The van der Waals surface area contributed by atoms with Crippen LogP contribution < -0.4 is 19.5 Å². The van der Waals surface area contributed by atoms with Gasteiger partial charge in [0.25, 0.3) is 0 Å². The van der Waals surface area contributed by atoms with Crippen molar-refractivity contribution in [3.63, 3.8) is 0 Å². The molecule has 154 valence electrons. The van der Waals surface area contributed by atoms with Gasteiger partial charge in [0.15, 0.2) is 5.96 Å². The van der Waals surface area contributed by atoms with Gasteiger partial charge in [-0.25, -0.2) is 0 Å². The molecule has 0 bridgehead atoms. The van der Waals surface area contributed by atoms with E-state index in [0.717, 1.165) is 41.7 Å². The van der Waals surface area contributed by atoms with Crippen LogP contribution in [0.25, 0.3) is 0 Å². The maximum atomic E-state index is 5.48. The van der Waals surface area contributed by atoms with Crippen LogP contribution in [0.1, 0.15) is 11.1 Å².